The molecule has 178 valence electrons. The molecular weight excluding hydrogens is 471 g/mol. The molecule has 1 aliphatic heterocycles. The third-order valence-corrected chi connectivity index (χ3v) is 8.96. The SMILES string of the molecule is CS(=O)(=O)c1ccc(-c2nc3ccc(C4CCN(S(=O)(=O)CCCO)CC4)cc3o2)c(F)c1. The predicted molar refractivity (Wildman–Crippen MR) is 122 cm³/mol. The van der Waals surface area contributed by atoms with Crippen molar-refractivity contribution in [2.24, 2.45) is 0 Å². The Balaban J connectivity index is 1.53. The lowest BCUT2D eigenvalue weighted by Crippen LogP contribution is -2.39. The molecule has 0 unspecified atom stereocenters. The predicted octanol–water partition coefficient (Wildman–Crippen LogP) is 2.93. The number of aliphatic hydroxyl groups is 1. The van der Waals surface area contributed by atoms with E-state index in [-0.39, 0.29) is 41.0 Å². The average Bonchev–Trinajstić information content (AvgIpc) is 3.20. The third kappa shape index (κ3) is 5.11. The van der Waals surface area contributed by atoms with Crippen molar-refractivity contribution >= 4 is 31.0 Å². The zero-order chi connectivity index (χ0) is 23.8. The Hall–Kier alpha value is -2.34. The van der Waals surface area contributed by atoms with Crippen LogP contribution in [-0.4, -0.2) is 62.9 Å². The molecule has 11 heteroatoms. The number of nitrogens with zero attached hydrogens (tertiary/aromatic N) is 2. The van der Waals surface area contributed by atoms with Crippen molar-refractivity contribution in [1.82, 2.24) is 9.29 Å². The van der Waals surface area contributed by atoms with Crippen LogP contribution in [0.3, 0.4) is 0 Å². The highest BCUT2D eigenvalue weighted by molar-refractivity contribution is 7.90. The maximum Gasteiger partial charge on any atom is 0.230 e. The Morgan fingerprint density at radius 2 is 1.85 bits per heavy atom. The highest BCUT2D eigenvalue weighted by Gasteiger charge is 2.28. The van der Waals surface area contributed by atoms with E-state index in [1.165, 1.54) is 16.4 Å². The number of halogens is 1. The zero-order valence-electron chi connectivity index (χ0n) is 18.1. The molecule has 4 rings (SSSR count). The fourth-order valence-electron chi connectivity index (χ4n) is 4.05. The molecule has 1 aliphatic rings. The lowest BCUT2D eigenvalue weighted by atomic mass is 9.90. The first-order valence-corrected chi connectivity index (χ1v) is 14.1. The van der Waals surface area contributed by atoms with Crippen LogP contribution in [0.5, 0.6) is 0 Å². The largest absolute Gasteiger partial charge is 0.436 e. The molecular formula is C22H25FN2O6S2. The smallest absolute Gasteiger partial charge is 0.230 e. The molecule has 1 saturated heterocycles. The summed E-state index contributed by atoms with van der Waals surface area (Å²) in [6.45, 7) is 0.673. The van der Waals surface area contributed by atoms with Gasteiger partial charge in [-0.1, -0.05) is 6.07 Å². The second kappa shape index (κ2) is 9.13. The minimum absolute atomic E-state index is 0.0529. The Kier molecular flexibility index (Phi) is 6.59. The van der Waals surface area contributed by atoms with E-state index in [4.69, 9.17) is 9.52 Å². The summed E-state index contributed by atoms with van der Waals surface area (Å²) in [5.74, 6) is -0.579. The van der Waals surface area contributed by atoms with E-state index in [2.05, 4.69) is 4.98 Å². The van der Waals surface area contributed by atoms with Crippen LogP contribution < -0.4 is 0 Å². The highest BCUT2D eigenvalue weighted by atomic mass is 32.2. The average molecular weight is 497 g/mol. The number of aliphatic hydroxyl groups excluding tert-OH is 1. The maximum absolute atomic E-state index is 14.5. The minimum Gasteiger partial charge on any atom is -0.436 e. The summed E-state index contributed by atoms with van der Waals surface area (Å²) in [4.78, 5) is 4.21. The van der Waals surface area contributed by atoms with Crippen LogP contribution in [0.15, 0.2) is 45.7 Å². The van der Waals surface area contributed by atoms with E-state index in [1.54, 1.807) is 6.07 Å². The van der Waals surface area contributed by atoms with Crippen molar-refractivity contribution in [3.05, 3.63) is 47.8 Å². The van der Waals surface area contributed by atoms with Gasteiger partial charge in [0, 0.05) is 26.0 Å². The molecule has 0 radical (unpaired) electrons. The summed E-state index contributed by atoms with van der Waals surface area (Å²) >= 11 is 0. The Labute approximate surface area is 192 Å². The molecule has 33 heavy (non-hydrogen) atoms. The number of oxazole rings is 1. The van der Waals surface area contributed by atoms with Gasteiger partial charge < -0.3 is 9.52 Å². The molecule has 3 aromatic rings. The molecule has 8 nitrogen and oxygen atoms in total. The summed E-state index contributed by atoms with van der Waals surface area (Å²) in [5.41, 5.74) is 2.09. The lowest BCUT2D eigenvalue weighted by Gasteiger charge is -2.31. The van der Waals surface area contributed by atoms with Crippen LogP contribution in [0, 0.1) is 5.82 Å². The molecule has 0 spiro atoms. The number of benzene rings is 2. The van der Waals surface area contributed by atoms with Gasteiger partial charge in [-0.3, -0.25) is 0 Å². The number of hydrogen-bond acceptors (Lipinski definition) is 7. The van der Waals surface area contributed by atoms with E-state index >= 15 is 0 Å². The summed E-state index contributed by atoms with van der Waals surface area (Å²) < 4.78 is 69.7. The van der Waals surface area contributed by atoms with Crippen LogP contribution >= 0.6 is 0 Å². The Bertz CT molecular complexity index is 1380. The van der Waals surface area contributed by atoms with Gasteiger partial charge in [-0.05, 0) is 61.1 Å². The number of fused-ring (bicyclic) bond motifs is 1. The molecule has 1 fully saturated rings. The molecule has 0 saturated carbocycles. The fourth-order valence-corrected chi connectivity index (χ4v) is 6.21. The number of aromatic nitrogens is 1. The van der Waals surface area contributed by atoms with Crippen molar-refractivity contribution in [2.45, 2.75) is 30.1 Å². The second-order valence-electron chi connectivity index (χ2n) is 8.23. The van der Waals surface area contributed by atoms with Gasteiger partial charge >= 0.3 is 0 Å². The van der Waals surface area contributed by atoms with Crippen LogP contribution in [0.1, 0.15) is 30.7 Å². The summed E-state index contributed by atoms with van der Waals surface area (Å²) in [5, 5.41) is 8.90. The molecule has 0 aliphatic carbocycles. The molecule has 1 aromatic heterocycles. The number of piperidine rings is 1. The van der Waals surface area contributed by atoms with Gasteiger partial charge in [-0.15, -0.1) is 0 Å². The molecule has 1 N–H and O–H groups in total. The van der Waals surface area contributed by atoms with Crippen molar-refractivity contribution in [3.8, 4) is 11.5 Å². The van der Waals surface area contributed by atoms with Crippen LogP contribution in [-0.2, 0) is 19.9 Å². The monoisotopic (exact) mass is 496 g/mol. The van der Waals surface area contributed by atoms with Gasteiger partial charge in [-0.25, -0.2) is 30.5 Å². The van der Waals surface area contributed by atoms with Crippen molar-refractivity contribution in [1.29, 1.82) is 0 Å². The van der Waals surface area contributed by atoms with Gasteiger partial charge in [-0.2, -0.15) is 0 Å². The number of sulfone groups is 1. The van der Waals surface area contributed by atoms with E-state index in [0.29, 0.717) is 37.0 Å². The Morgan fingerprint density at radius 3 is 2.48 bits per heavy atom. The van der Waals surface area contributed by atoms with Gasteiger partial charge in [0.05, 0.1) is 16.2 Å². The third-order valence-electron chi connectivity index (χ3n) is 5.89. The normalized spacial score (nSPS) is 16.5. The highest BCUT2D eigenvalue weighted by Crippen LogP contribution is 2.33. The first kappa shape index (κ1) is 23.8. The topological polar surface area (TPSA) is 118 Å². The molecule has 2 heterocycles. The molecule has 0 bridgehead atoms. The van der Waals surface area contributed by atoms with Crippen LogP contribution in [0.2, 0.25) is 0 Å². The zero-order valence-corrected chi connectivity index (χ0v) is 19.7. The lowest BCUT2D eigenvalue weighted by molar-refractivity contribution is 0.290. The van der Waals surface area contributed by atoms with E-state index < -0.39 is 25.7 Å². The van der Waals surface area contributed by atoms with Crippen LogP contribution in [0.25, 0.3) is 22.6 Å². The molecule has 2 aromatic carbocycles. The van der Waals surface area contributed by atoms with Crippen molar-refractivity contribution < 1.29 is 30.7 Å². The maximum atomic E-state index is 14.5. The first-order valence-electron chi connectivity index (χ1n) is 10.6. The first-order chi connectivity index (χ1) is 15.6. The van der Waals surface area contributed by atoms with E-state index in [9.17, 15) is 21.2 Å². The van der Waals surface area contributed by atoms with E-state index in [1.807, 2.05) is 12.1 Å². The number of hydrogen-bond donors (Lipinski definition) is 1. The van der Waals surface area contributed by atoms with E-state index in [0.717, 1.165) is 17.9 Å². The number of sulfonamides is 1. The number of rotatable bonds is 7. The Morgan fingerprint density at radius 1 is 1.12 bits per heavy atom. The van der Waals surface area contributed by atoms with Gasteiger partial charge in [0.25, 0.3) is 0 Å². The molecule has 0 amide bonds. The van der Waals surface area contributed by atoms with Gasteiger partial charge in [0.2, 0.25) is 15.9 Å². The van der Waals surface area contributed by atoms with Crippen LogP contribution in [0.4, 0.5) is 4.39 Å². The van der Waals surface area contributed by atoms with Gasteiger partial charge in [0.1, 0.15) is 11.3 Å². The van der Waals surface area contributed by atoms with Crippen molar-refractivity contribution in [2.75, 3.05) is 31.7 Å². The standard InChI is InChI=1S/C22H25FN2O6S2/c1-32(27,28)17-4-5-18(19(23)14-17)22-24-20-6-3-16(13-21(20)31-22)15-7-9-25(10-8-15)33(29,30)12-2-11-26/h3-6,13-15,26H,2,7-12H2,1H3. The summed E-state index contributed by atoms with van der Waals surface area (Å²) in [7, 11) is -6.89. The fraction of sp³-hybridized carbons (Fsp3) is 0.409. The molecule has 0 atom stereocenters. The second-order valence-corrected chi connectivity index (χ2v) is 12.3. The van der Waals surface area contributed by atoms with Gasteiger partial charge in [0.15, 0.2) is 15.4 Å². The van der Waals surface area contributed by atoms with Crippen molar-refractivity contribution in [3.63, 3.8) is 0 Å². The minimum atomic E-state index is -3.53. The quantitative estimate of drug-likeness (QED) is 0.534. The summed E-state index contributed by atoms with van der Waals surface area (Å²) in [6, 6.07) is 9.15. The summed E-state index contributed by atoms with van der Waals surface area (Å²) in [6.07, 6.45) is 2.56.